The number of halogens is 1. The molecule has 0 bridgehead atoms. The fourth-order valence-corrected chi connectivity index (χ4v) is 3.55. The summed E-state index contributed by atoms with van der Waals surface area (Å²) < 4.78 is 0.687. The topological polar surface area (TPSA) is 20.3 Å². The van der Waals surface area contributed by atoms with Crippen molar-refractivity contribution in [2.75, 3.05) is 13.6 Å². The van der Waals surface area contributed by atoms with Gasteiger partial charge in [-0.15, -0.1) is 11.3 Å². The van der Waals surface area contributed by atoms with Crippen molar-refractivity contribution in [3.63, 3.8) is 0 Å². The van der Waals surface area contributed by atoms with Crippen molar-refractivity contribution in [3.8, 4) is 0 Å². The highest BCUT2D eigenvalue weighted by atomic mass is 35.5. The fraction of sp³-hybridized carbons (Fsp3) is 0.643. The van der Waals surface area contributed by atoms with Gasteiger partial charge in [-0.25, -0.2) is 0 Å². The van der Waals surface area contributed by atoms with Crippen LogP contribution in [0, 0.1) is 5.92 Å². The third-order valence-corrected chi connectivity index (χ3v) is 5.12. The molecule has 0 spiro atoms. The number of Topliss-reactive ketones (excluding diaryl/α,β-unsaturated/α-hetero) is 1. The van der Waals surface area contributed by atoms with Crippen LogP contribution in [0.4, 0.5) is 0 Å². The zero-order valence-corrected chi connectivity index (χ0v) is 12.6. The first kappa shape index (κ1) is 14.0. The normalized spacial score (nSPS) is 24.4. The van der Waals surface area contributed by atoms with Gasteiger partial charge in [-0.2, -0.15) is 0 Å². The van der Waals surface area contributed by atoms with Gasteiger partial charge >= 0.3 is 0 Å². The molecule has 0 radical (unpaired) electrons. The number of thiophene rings is 1. The lowest BCUT2D eigenvalue weighted by Crippen LogP contribution is -2.38. The molecular formula is C14H20ClNOS. The molecule has 0 saturated heterocycles. The van der Waals surface area contributed by atoms with Crippen LogP contribution in [0.2, 0.25) is 4.34 Å². The summed E-state index contributed by atoms with van der Waals surface area (Å²) >= 11 is 7.23. The van der Waals surface area contributed by atoms with Crippen molar-refractivity contribution >= 4 is 28.7 Å². The summed E-state index contributed by atoms with van der Waals surface area (Å²) in [5.74, 6) is 1.04. The second-order valence-corrected chi connectivity index (χ2v) is 7.07. The Morgan fingerprint density at radius 2 is 2.06 bits per heavy atom. The molecule has 2 nitrogen and oxygen atoms in total. The first-order valence-electron chi connectivity index (χ1n) is 6.55. The summed E-state index contributed by atoms with van der Waals surface area (Å²) in [5, 5.41) is 0. The number of carbonyl (C=O) groups excluding carboxylic acids is 1. The lowest BCUT2D eigenvalue weighted by molar-refractivity contribution is 0.0893. The second-order valence-electron chi connectivity index (χ2n) is 5.36. The number of likely N-dealkylation sites (N-methyl/N-ethyl adjacent to an activating group) is 1. The third kappa shape index (κ3) is 3.56. The lowest BCUT2D eigenvalue weighted by atomic mass is 9.87. The molecule has 0 amide bonds. The lowest BCUT2D eigenvalue weighted by Gasteiger charge is -2.33. The quantitative estimate of drug-likeness (QED) is 0.777. The van der Waals surface area contributed by atoms with E-state index >= 15 is 0 Å². The molecule has 1 heterocycles. The summed E-state index contributed by atoms with van der Waals surface area (Å²) in [6.45, 7) is 2.82. The first-order chi connectivity index (χ1) is 8.56. The Balaban J connectivity index is 1.87. The molecule has 1 aliphatic carbocycles. The zero-order valence-electron chi connectivity index (χ0n) is 11.0. The molecule has 1 saturated carbocycles. The van der Waals surface area contributed by atoms with Gasteiger partial charge in [0, 0.05) is 6.04 Å². The van der Waals surface area contributed by atoms with E-state index in [-0.39, 0.29) is 5.78 Å². The highest BCUT2D eigenvalue weighted by molar-refractivity contribution is 7.18. The van der Waals surface area contributed by atoms with Crippen LogP contribution in [0.25, 0.3) is 0 Å². The van der Waals surface area contributed by atoms with Crippen molar-refractivity contribution in [1.29, 1.82) is 0 Å². The van der Waals surface area contributed by atoms with E-state index in [1.807, 2.05) is 6.07 Å². The van der Waals surface area contributed by atoms with Gasteiger partial charge in [-0.3, -0.25) is 9.69 Å². The van der Waals surface area contributed by atoms with Gasteiger partial charge in [-0.1, -0.05) is 18.5 Å². The van der Waals surface area contributed by atoms with E-state index in [0.717, 1.165) is 10.8 Å². The van der Waals surface area contributed by atoms with Crippen LogP contribution in [0.5, 0.6) is 0 Å². The molecule has 0 unspecified atom stereocenters. The van der Waals surface area contributed by atoms with E-state index in [0.29, 0.717) is 16.9 Å². The Labute approximate surface area is 118 Å². The Bertz CT molecular complexity index is 410. The minimum atomic E-state index is 0.188. The predicted molar refractivity (Wildman–Crippen MR) is 77.7 cm³/mol. The van der Waals surface area contributed by atoms with Crippen LogP contribution in [0.15, 0.2) is 12.1 Å². The van der Waals surface area contributed by atoms with Gasteiger partial charge in [0.05, 0.1) is 15.8 Å². The van der Waals surface area contributed by atoms with Crippen LogP contribution in [0.3, 0.4) is 0 Å². The average molecular weight is 286 g/mol. The van der Waals surface area contributed by atoms with E-state index in [9.17, 15) is 4.79 Å². The number of carbonyl (C=O) groups is 1. The van der Waals surface area contributed by atoms with Crippen LogP contribution >= 0.6 is 22.9 Å². The maximum absolute atomic E-state index is 12.1. The van der Waals surface area contributed by atoms with E-state index < -0.39 is 0 Å². The molecule has 1 aromatic rings. The molecule has 0 aliphatic heterocycles. The molecule has 1 aliphatic rings. The Morgan fingerprint density at radius 1 is 1.39 bits per heavy atom. The number of nitrogens with zero attached hydrogens (tertiary/aromatic N) is 1. The number of rotatable bonds is 4. The molecule has 1 aromatic heterocycles. The standard InChI is InChI=1S/C14H20ClNOS/c1-10-3-5-11(6-4-10)16(2)9-12(17)13-7-8-14(15)18-13/h7-8,10-11H,3-6,9H2,1-2H3. The van der Waals surface area contributed by atoms with Crippen LogP contribution < -0.4 is 0 Å². The van der Waals surface area contributed by atoms with Crippen molar-refractivity contribution in [3.05, 3.63) is 21.3 Å². The van der Waals surface area contributed by atoms with E-state index in [4.69, 9.17) is 11.6 Å². The SMILES string of the molecule is CC1CCC(N(C)CC(=O)c2ccc(Cl)s2)CC1. The van der Waals surface area contributed by atoms with E-state index in [2.05, 4.69) is 18.9 Å². The minimum Gasteiger partial charge on any atom is -0.296 e. The number of ketones is 1. The Kier molecular flexibility index (Phi) is 4.82. The van der Waals surface area contributed by atoms with E-state index in [1.54, 1.807) is 6.07 Å². The summed E-state index contributed by atoms with van der Waals surface area (Å²) in [4.78, 5) is 15.1. The summed E-state index contributed by atoms with van der Waals surface area (Å²) in [7, 11) is 2.06. The molecule has 18 heavy (non-hydrogen) atoms. The van der Waals surface area contributed by atoms with Crippen molar-refractivity contribution in [1.82, 2.24) is 4.90 Å². The van der Waals surface area contributed by atoms with Gasteiger partial charge in [0.1, 0.15) is 0 Å². The molecular weight excluding hydrogens is 266 g/mol. The summed E-state index contributed by atoms with van der Waals surface area (Å²) in [6, 6.07) is 4.19. The van der Waals surface area contributed by atoms with Gasteiger partial charge < -0.3 is 0 Å². The van der Waals surface area contributed by atoms with Crippen molar-refractivity contribution in [2.24, 2.45) is 5.92 Å². The average Bonchev–Trinajstić information content (AvgIpc) is 2.76. The number of hydrogen-bond acceptors (Lipinski definition) is 3. The maximum Gasteiger partial charge on any atom is 0.186 e. The first-order valence-corrected chi connectivity index (χ1v) is 7.74. The third-order valence-electron chi connectivity index (χ3n) is 3.85. The molecule has 0 aromatic carbocycles. The van der Waals surface area contributed by atoms with Crippen molar-refractivity contribution in [2.45, 2.75) is 38.6 Å². The van der Waals surface area contributed by atoms with Gasteiger partial charge in [-0.05, 0) is 50.8 Å². The molecule has 1 fully saturated rings. The summed E-state index contributed by atoms with van der Waals surface area (Å²) in [5.41, 5.74) is 0. The van der Waals surface area contributed by atoms with Crippen LogP contribution in [-0.4, -0.2) is 30.3 Å². The minimum absolute atomic E-state index is 0.188. The second kappa shape index (κ2) is 6.18. The van der Waals surface area contributed by atoms with E-state index in [1.165, 1.54) is 37.0 Å². The molecule has 0 atom stereocenters. The Morgan fingerprint density at radius 3 is 2.61 bits per heavy atom. The maximum atomic E-state index is 12.1. The van der Waals surface area contributed by atoms with Crippen molar-refractivity contribution < 1.29 is 4.79 Å². The highest BCUT2D eigenvalue weighted by Gasteiger charge is 2.23. The number of hydrogen-bond donors (Lipinski definition) is 0. The summed E-state index contributed by atoms with van der Waals surface area (Å²) in [6.07, 6.45) is 5.01. The van der Waals surface area contributed by atoms with Gasteiger partial charge in [0.15, 0.2) is 5.78 Å². The predicted octanol–water partition coefficient (Wildman–Crippen LogP) is 4.09. The fourth-order valence-electron chi connectivity index (χ4n) is 2.58. The van der Waals surface area contributed by atoms with Crippen LogP contribution in [-0.2, 0) is 0 Å². The highest BCUT2D eigenvalue weighted by Crippen LogP contribution is 2.27. The monoisotopic (exact) mass is 285 g/mol. The Hall–Kier alpha value is -0.380. The molecule has 2 rings (SSSR count). The van der Waals surface area contributed by atoms with Gasteiger partial charge in [0.25, 0.3) is 0 Å². The molecule has 100 valence electrons. The van der Waals surface area contributed by atoms with Gasteiger partial charge in [0.2, 0.25) is 0 Å². The molecule has 4 heteroatoms. The van der Waals surface area contributed by atoms with Crippen LogP contribution in [0.1, 0.15) is 42.3 Å². The largest absolute Gasteiger partial charge is 0.296 e. The zero-order chi connectivity index (χ0) is 13.1. The smallest absolute Gasteiger partial charge is 0.186 e. The molecule has 0 N–H and O–H groups in total.